The van der Waals surface area contributed by atoms with Crippen LogP contribution in [0.5, 0.6) is 0 Å². The van der Waals surface area contributed by atoms with E-state index in [0.717, 1.165) is 18.3 Å². The normalized spacial score (nSPS) is 17.5. The molecule has 17 heavy (non-hydrogen) atoms. The van der Waals surface area contributed by atoms with Crippen LogP contribution in [-0.4, -0.2) is 48.8 Å². The van der Waals surface area contributed by atoms with E-state index in [1.165, 1.54) is 19.3 Å². The second kappa shape index (κ2) is 7.59. The summed E-state index contributed by atoms with van der Waals surface area (Å²) < 4.78 is 40.3. The van der Waals surface area contributed by atoms with E-state index in [9.17, 15) is 13.2 Å². The lowest BCUT2D eigenvalue weighted by atomic mass is 9.91. The molecule has 0 unspecified atom stereocenters. The number of alkyl halides is 4. The number of nitrogens with zero attached hydrogens (tertiary/aromatic N) is 1. The first kappa shape index (κ1) is 15.2. The molecule has 1 rings (SSSR count). The van der Waals surface area contributed by atoms with Crippen molar-refractivity contribution in [3.63, 3.8) is 0 Å². The highest BCUT2D eigenvalue weighted by Gasteiger charge is 2.28. The van der Waals surface area contributed by atoms with Gasteiger partial charge in [0, 0.05) is 17.9 Å². The average molecular weight is 318 g/mol. The molecule has 1 saturated carbocycles. The molecule has 0 N–H and O–H groups in total. The molecule has 0 saturated heterocycles. The standard InChI is InChI=1S/C11H19BrF3NO/c12-5-2-6-16(10-3-1-4-10)7-8-17-9-11(13,14)15/h10H,1-9H2. The van der Waals surface area contributed by atoms with Gasteiger partial charge < -0.3 is 4.74 Å². The predicted octanol–water partition coefficient (Wildman–Crippen LogP) is 3.20. The maximum Gasteiger partial charge on any atom is 0.411 e. The molecule has 6 heteroatoms. The second-order valence-corrected chi connectivity index (χ2v) is 5.12. The molecule has 0 heterocycles. The summed E-state index contributed by atoms with van der Waals surface area (Å²) in [5.74, 6) is 0. The van der Waals surface area contributed by atoms with Crippen LogP contribution < -0.4 is 0 Å². The summed E-state index contributed by atoms with van der Waals surface area (Å²) in [4.78, 5) is 2.25. The van der Waals surface area contributed by atoms with E-state index in [0.29, 0.717) is 12.6 Å². The molecule has 0 aromatic rings. The van der Waals surface area contributed by atoms with Gasteiger partial charge in [-0.05, 0) is 25.8 Å². The van der Waals surface area contributed by atoms with E-state index in [4.69, 9.17) is 0 Å². The highest BCUT2D eigenvalue weighted by atomic mass is 79.9. The van der Waals surface area contributed by atoms with Crippen LogP contribution in [0.4, 0.5) is 13.2 Å². The van der Waals surface area contributed by atoms with Gasteiger partial charge in [-0.1, -0.05) is 22.4 Å². The summed E-state index contributed by atoms with van der Waals surface area (Å²) in [6.45, 7) is 0.571. The molecule has 0 aromatic heterocycles. The molecule has 0 amide bonds. The van der Waals surface area contributed by atoms with Crippen LogP contribution in [0.1, 0.15) is 25.7 Å². The Morgan fingerprint density at radius 2 is 1.94 bits per heavy atom. The van der Waals surface area contributed by atoms with E-state index >= 15 is 0 Å². The smallest absolute Gasteiger partial charge is 0.371 e. The minimum atomic E-state index is -4.21. The zero-order valence-corrected chi connectivity index (χ0v) is 11.4. The molecule has 0 aliphatic heterocycles. The van der Waals surface area contributed by atoms with Gasteiger partial charge in [-0.15, -0.1) is 0 Å². The Hall–Kier alpha value is 0.190. The maximum absolute atomic E-state index is 11.9. The van der Waals surface area contributed by atoms with Gasteiger partial charge in [0.15, 0.2) is 0 Å². The van der Waals surface area contributed by atoms with Crippen LogP contribution >= 0.6 is 15.9 Å². The molecular weight excluding hydrogens is 299 g/mol. The first-order valence-electron chi connectivity index (χ1n) is 5.97. The third kappa shape index (κ3) is 6.62. The van der Waals surface area contributed by atoms with Gasteiger partial charge in [0.1, 0.15) is 6.61 Å². The lowest BCUT2D eigenvalue weighted by Crippen LogP contribution is -2.42. The maximum atomic E-state index is 11.9. The first-order valence-corrected chi connectivity index (χ1v) is 7.09. The van der Waals surface area contributed by atoms with Gasteiger partial charge >= 0.3 is 6.18 Å². The van der Waals surface area contributed by atoms with Crippen LogP contribution in [0.15, 0.2) is 0 Å². The summed E-state index contributed by atoms with van der Waals surface area (Å²) in [5, 5.41) is 0.930. The molecule has 0 aromatic carbocycles. The zero-order valence-electron chi connectivity index (χ0n) is 9.81. The minimum Gasteiger partial charge on any atom is -0.371 e. The SMILES string of the molecule is FC(F)(F)COCCN(CCCBr)C1CCC1. The fourth-order valence-electron chi connectivity index (χ4n) is 1.86. The van der Waals surface area contributed by atoms with Crippen molar-refractivity contribution < 1.29 is 17.9 Å². The van der Waals surface area contributed by atoms with Crippen LogP contribution in [0.3, 0.4) is 0 Å². The van der Waals surface area contributed by atoms with E-state index in [-0.39, 0.29) is 6.61 Å². The highest BCUT2D eigenvalue weighted by molar-refractivity contribution is 9.09. The van der Waals surface area contributed by atoms with Crippen molar-refractivity contribution in [3.8, 4) is 0 Å². The summed E-state index contributed by atoms with van der Waals surface area (Å²) in [6, 6.07) is 0.559. The van der Waals surface area contributed by atoms with E-state index in [1.807, 2.05) is 0 Å². The van der Waals surface area contributed by atoms with Crippen molar-refractivity contribution in [3.05, 3.63) is 0 Å². The quantitative estimate of drug-likeness (QED) is 0.503. The molecule has 1 fully saturated rings. The first-order chi connectivity index (χ1) is 8.03. The summed E-state index contributed by atoms with van der Waals surface area (Å²) in [6.07, 6.45) is 0.384. The van der Waals surface area contributed by atoms with Gasteiger partial charge in [-0.3, -0.25) is 4.90 Å². The van der Waals surface area contributed by atoms with Gasteiger partial charge in [0.25, 0.3) is 0 Å². The number of rotatable bonds is 8. The number of halogens is 4. The second-order valence-electron chi connectivity index (χ2n) is 4.33. The topological polar surface area (TPSA) is 12.5 Å². The number of ether oxygens (including phenoxy) is 1. The fraction of sp³-hybridized carbons (Fsp3) is 1.00. The minimum absolute atomic E-state index is 0.165. The van der Waals surface area contributed by atoms with Gasteiger partial charge in [0.05, 0.1) is 6.61 Å². The molecule has 1 aliphatic carbocycles. The van der Waals surface area contributed by atoms with Crippen molar-refractivity contribution >= 4 is 15.9 Å². The highest BCUT2D eigenvalue weighted by Crippen LogP contribution is 2.24. The molecule has 0 atom stereocenters. The molecule has 0 radical (unpaired) electrons. The molecular formula is C11H19BrF3NO. The van der Waals surface area contributed by atoms with Crippen LogP contribution in [0.2, 0.25) is 0 Å². The lowest BCUT2D eigenvalue weighted by Gasteiger charge is -2.37. The van der Waals surface area contributed by atoms with E-state index in [1.54, 1.807) is 0 Å². The predicted molar refractivity (Wildman–Crippen MR) is 64.5 cm³/mol. The van der Waals surface area contributed by atoms with Crippen molar-refractivity contribution in [2.75, 3.05) is 31.6 Å². The average Bonchev–Trinajstić information content (AvgIpc) is 2.16. The summed E-state index contributed by atoms with van der Waals surface area (Å²) >= 11 is 3.37. The van der Waals surface area contributed by atoms with Gasteiger partial charge in [-0.2, -0.15) is 13.2 Å². The zero-order chi connectivity index (χ0) is 12.7. The fourth-order valence-corrected chi connectivity index (χ4v) is 2.11. The van der Waals surface area contributed by atoms with Crippen LogP contribution in [-0.2, 0) is 4.74 Å². The Bertz CT molecular complexity index is 209. The van der Waals surface area contributed by atoms with E-state index < -0.39 is 12.8 Å². The molecule has 2 nitrogen and oxygen atoms in total. The van der Waals surface area contributed by atoms with Crippen molar-refractivity contribution in [2.45, 2.75) is 37.9 Å². The van der Waals surface area contributed by atoms with Crippen LogP contribution in [0.25, 0.3) is 0 Å². The van der Waals surface area contributed by atoms with Crippen molar-refractivity contribution in [1.82, 2.24) is 4.90 Å². The molecule has 0 bridgehead atoms. The Kier molecular flexibility index (Phi) is 6.80. The Morgan fingerprint density at radius 1 is 1.24 bits per heavy atom. The van der Waals surface area contributed by atoms with Crippen molar-refractivity contribution in [2.24, 2.45) is 0 Å². The third-order valence-electron chi connectivity index (χ3n) is 2.96. The van der Waals surface area contributed by atoms with Gasteiger partial charge in [-0.25, -0.2) is 0 Å². The lowest BCUT2D eigenvalue weighted by molar-refractivity contribution is -0.175. The Labute approximate surface area is 109 Å². The Morgan fingerprint density at radius 3 is 2.41 bits per heavy atom. The van der Waals surface area contributed by atoms with E-state index in [2.05, 4.69) is 25.6 Å². The van der Waals surface area contributed by atoms with Crippen molar-refractivity contribution in [1.29, 1.82) is 0 Å². The number of hydrogen-bond donors (Lipinski definition) is 0. The largest absolute Gasteiger partial charge is 0.411 e. The third-order valence-corrected chi connectivity index (χ3v) is 3.52. The van der Waals surface area contributed by atoms with Crippen LogP contribution in [0, 0.1) is 0 Å². The Balaban J connectivity index is 2.14. The number of hydrogen-bond acceptors (Lipinski definition) is 2. The monoisotopic (exact) mass is 317 g/mol. The molecule has 0 spiro atoms. The summed E-state index contributed by atoms with van der Waals surface area (Å²) in [5.41, 5.74) is 0. The molecule has 1 aliphatic rings. The molecule has 102 valence electrons. The van der Waals surface area contributed by atoms with Gasteiger partial charge in [0.2, 0.25) is 0 Å². The summed E-state index contributed by atoms with van der Waals surface area (Å²) in [7, 11) is 0.